The predicted octanol–water partition coefficient (Wildman–Crippen LogP) is 3.22. The number of nitrogens with one attached hydrogen (secondary N) is 2. The number of amides is 3. The highest BCUT2D eigenvalue weighted by Crippen LogP contribution is 2.31. The van der Waals surface area contributed by atoms with E-state index in [4.69, 9.17) is 0 Å². The fourth-order valence-electron chi connectivity index (χ4n) is 3.80. The number of rotatable bonds is 4. The molecule has 1 fully saturated rings. The Morgan fingerprint density at radius 3 is 2.71 bits per heavy atom. The molecule has 162 valence electrons. The number of likely N-dealkylation sites (tertiary alicyclic amines) is 1. The van der Waals surface area contributed by atoms with Crippen LogP contribution in [0.15, 0.2) is 47.4 Å². The maximum absolute atomic E-state index is 12.8. The van der Waals surface area contributed by atoms with E-state index >= 15 is 0 Å². The number of fused-ring (bicyclic) bond motifs is 1. The summed E-state index contributed by atoms with van der Waals surface area (Å²) in [4.78, 5) is 40.2. The molecule has 2 aromatic rings. The standard InChI is InChI=1S/C23H25N3O4S/c27-14-15-6-9-26(10-7-15)23(30)17-2-1-3-18(12-17)24-22(29)16-4-5-20-19(13-16)25-21(28)8-11-31-20/h1-5,12-13,15,27H,6-11,14H2,(H,24,29)(H,25,28). The van der Waals surface area contributed by atoms with Crippen molar-refractivity contribution in [3.8, 4) is 0 Å². The first-order valence-electron chi connectivity index (χ1n) is 10.4. The summed E-state index contributed by atoms with van der Waals surface area (Å²) in [6.07, 6.45) is 2.04. The number of aliphatic hydroxyl groups excluding tert-OH is 1. The molecule has 4 rings (SSSR count). The van der Waals surface area contributed by atoms with Gasteiger partial charge in [-0.1, -0.05) is 6.07 Å². The molecule has 2 aromatic carbocycles. The van der Waals surface area contributed by atoms with Crippen LogP contribution in [0.3, 0.4) is 0 Å². The molecule has 0 bridgehead atoms. The van der Waals surface area contributed by atoms with Gasteiger partial charge in [-0.15, -0.1) is 11.8 Å². The zero-order valence-corrected chi connectivity index (χ0v) is 17.9. The Bertz CT molecular complexity index is 1000. The van der Waals surface area contributed by atoms with Crippen molar-refractivity contribution < 1.29 is 19.5 Å². The zero-order valence-electron chi connectivity index (χ0n) is 17.1. The minimum atomic E-state index is -0.306. The summed E-state index contributed by atoms with van der Waals surface area (Å²) in [7, 11) is 0. The third-order valence-corrected chi connectivity index (χ3v) is 6.71. The Morgan fingerprint density at radius 1 is 1.13 bits per heavy atom. The number of aliphatic hydroxyl groups is 1. The lowest BCUT2D eigenvalue weighted by atomic mass is 9.97. The summed E-state index contributed by atoms with van der Waals surface area (Å²) in [6.45, 7) is 1.41. The van der Waals surface area contributed by atoms with Crippen LogP contribution in [-0.4, -0.2) is 53.2 Å². The van der Waals surface area contributed by atoms with E-state index in [-0.39, 0.29) is 30.2 Å². The fraction of sp³-hybridized carbons (Fsp3) is 0.348. The minimum absolute atomic E-state index is 0.0574. The molecule has 0 aliphatic carbocycles. The van der Waals surface area contributed by atoms with Gasteiger partial charge in [0.15, 0.2) is 0 Å². The number of hydrogen-bond donors (Lipinski definition) is 3. The van der Waals surface area contributed by atoms with E-state index in [1.54, 1.807) is 53.1 Å². The first kappa shape index (κ1) is 21.4. The Hall–Kier alpha value is -2.84. The summed E-state index contributed by atoms with van der Waals surface area (Å²) in [5, 5.41) is 15.0. The average molecular weight is 440 g/mol. The number of anilines is 2. The van der Waals surface area contributed by atoms with Crippen molar-refractivity contribution in [3.63, 3.8) is 0 Å². The summed E-state index contributed by atoms with van der Waals surface area (Å²) in [5.41, 5.74) is 2.14. The fourth-order valence-corrected chi connectivity index (χ4v) is 4.73. The molecule has 3 N–H and O–H groups in total. The van der Waals surface area contributed by atoms with Gasteiger partial charge in [-0.05, 0) is 55.2 Å². The minimum Gasteiger partial charge on any atom is -0.396 e. The molecular formula is C23H25N3O4S. The molecule has 0 spiro atoms. The summed E-state index contributed by atoms with van der Waals surface area (Å²) in [5.74, 6) is 0.539. The van der Waals surface area contributed by atoms with Crippen molar-refractivity contribution >= 4 is 40.9 Å². The molecule has 7 nitrogen and oxygen atoms in total. The van der Waals surface area contributed by atoms with Crippen molar-refractivity contribution in [3.05, 3.63) is 53.6 Å². The highest BCUT2D eigenvalue weighted by molar-refractivity contribution is 7.99. The molecule has 2 aliphatic rings. The van der Waals surface area contributed by atoms with E-state index in [0.29, 0.717) is 47.8 Å². The number of nitrogens with zero attached hydrogens (tertiary/aromatic N) is 1. The van der Waals surface area contributed by atoms with Crippen molar-refractivity contribution in [1.29, 1.82) is 0 Å². The molecule has 2 heterocycles. The molecule has 2 aliphatic heterocycles. The topological polar surface area (TPSA) is 98.7 Å². The van der Waals surface area contributed by atoms with Crippen molar-refractivity contribution in [2.75, 3.05) is 36.1 Å². The number of benzene rings is 2. The molecule has 0 unspecified atom stereocenters. The molecule has 0 atom stereocenters. The molecule has 0 radical (unpaired) electrons. The highest BCUT2D eigenvalue weighted by atomic mass is 32.2. The maximum Gasteiger partial charge on any atom is 0.255 e. The van der Waals surface area contributed by atoms with Crippen LogP contribution in [0, 0.1) is 5.92 Å². The van der Waals surface area contributed by atoms with Gasteiger partial charge < -0.3 is 20.6 Å². The van der Waals surface area contributed by atoms with Gasteiger partial charge in [0.25, 0.3) is 11.8 Å². The van der Waals surface area contributed by atoms with Crippen LogP contribution in [0.25, 0.3) is 0 Å². The van der Waals surface area contributed by atoms with Crippen LogP contribution < -0.4 is 10.6 Å². The maximum atomic E-state index is 12.8. The van der Waals surface area contributed by atoms with Crippen LogP contribution in [0.4, 0.5) is 11.4 Å². The Balaban J connectivity index is 1.45. The summed E-state index contributed by atoms with van der Waals surface area (Å²) < 4.78 is 0. The SMILES string of the molecule is O=C1CCSc2ccc(C(=O)Nc3cccc(C(=O)N4CCC(CO)CC4)c3)cc2N1. The van der Waals surface area contributed by atoms with Gasteiger partial charge in [0, 0.05) is 53.6 Å². The largest absolute Gasteiger partial charge is 0.396 e. The third-order valence-electron chi connectivity index (χ3n) is 5.63. The second kappa shape index (κ2) is 9.53. The van der Waals surface area contributed by atoms with E-state index in [2.05, 4.69) is 10.6 Å². The lowest BCUT2D eigenvalue weighted by Crippen LogP contribution is -2.39. The van der Waals surface area contributed by atoms with Crippen LogP contribution in [-0.2, 0) is 4.79 Å². The molecule has 0 aromatic heterocycles. The van der Waals surface area contributed by atoms with E-state index in [9.17, 15) is 19.5 Å². The number of carbonyl (C=O) groups is 3. The molecule has 3 amide bonds. The van der Waals surface area contributed by atoms with Crippen molar-refractivity contribution in [1.82, 2.24) is 4.90 Å². The first-order valence-corrected chi connectivity index (χ1v) is 11.4. The van der Waals surface area contributed by atoms with Gasteiger partial charge in [0.2, 0.25) is 5.91 Å². The number of hydrogen-bond acceptors (Lipinski definition) is 5. The van der Waals surface area contributed by atoms with Crippen LogP contribution in [0.1, 0.15) is 40.0 Å². The van der Waals surface area contributed by atoms with Crippen LogP contribution >= 0.6 is 11.8 Å². The van der Waals surface area contributed by atoms with Crippen molar-refractivity contribution in [2.45, 2.75) is 24.2 Å². The van der Waals surface area contributed by atoms with E-state index in [0.717, 1.165) is 17.7 Å². The first-order chi connectivity index (χ1) is 15.0. The van der Waals surface area contributed by atoms with Gasteiger partial charge in [0.1, 0.15) is 0 Å². The summed E-state index contributed by atoms with van der Waals surface area (Å²) >= 11 is 1.59. The van der Waals surface area contributed by atoms with E-state index in [1.807, 2.05) is 6.07 Å². The lowest BCUT2D eigenvalue weighted by Gasteiger charge is -2.31. The second-order valence-electron chi connectivity index (χ2n) is 7.81. The van der Waals surface area contributed by atoms with Crippen molar-refractivity contribution in [2.24, 2.45) is 5.92 Å². The van der Waals surface area contributed by atoms with Gasteiger partial charge in [-0.3, -0.25) is 14.4 Å². The normalized spacial score (nSPS) is 16.8. The van der Waals surface area contributed by atoms with Gasteiger partial charge in [0.05, 0.1) is 5.69 Å². The Morgan fingerprint density at radius 2 is 1.94 bits per heavy atom. The van der Waals surface area contributed by atoms with Gasteiger partial charge >= 0.3 is 0 Å². The number of thioether (sulfide) groups is 1. The molecule has 31 heavy (non-hydrogen) atoms. The Labute approximate surface area is 185 Å². The molecule has 0 saturated carbocycles. The van der Waals surface area contributed by atoms with Gasteiger partial charge in [-0.2, -0.15) is 0 Å². The highest BCUT2D eigenvalue weighted by Gasteiger charge is 2.23. The number of carbonyl (C=O) groups excluding carboxylic acids is 3. The third kappa shape index (κ3) is 5.08. The molecule has 8 heteroatoms. The zero-order chi connectivity index (χ0) is 21.8. The monoisotopic (exact) mass is 439 g/mol. The molecular weight excluding hydrogens is 414 g/mol. The van der Waals surface area contributed by atoms with E-state index < -0.39 is 0 Å². The predicted molar refractivity (Wildman–Crippen MR) is 121 cm³/mol. The Kier molecular flexibility index (Phi) is 6.58. The van der Waals surface area contributed by atoms with Gasteiger partial charge in [-0.25, -0.2) is 0 Å². The van der Waals surface area contributed by atoms with E-state index in [1.165, 1.54) is 0 Å². The smallest absolute Gasteiger partial charge is 0.255 e. The summed E-state index contributed by atoms with van der Waals surface area (Å²) in [6, 6.07) is 12.2. The molecule has 1 saturated heterocycles. The lowest BCUT2D eigenvalue weighted by molar-refractivity contribution is -0.115. The van der Waals surface area contributed by atoms with Crippen LogP contribution in [0.2, 0.25) is 0 Å². The van der Waals surface area contributed by atoms with Crippen LogP contribution in [0.5, 0.6) is 0 Å². The quantitative estimate of drug-likeness (QED) is 0.679. The second-order valence-corrected chi connectivity index (χ2v) is 8.95. The number of piperidine rings is 1. The average Bonchev–Trinajstić information content (AvgIpc) is 2.98.